The van der Waals surface area contributed by atoms with E-state index in [0.717, 1.165) is 41.7 Å². The zero-order valence-corrected chi connectivity index (χ0v) is 22.0. The van der Waals surface area contributed by atoms with E-state index < -0.39 is 0 Å². The molecular weight excluding hydrogens is 448 g/mol. The predicted octanol–water partition coefficient (Wildman–Crippen LogP) is 8.24. The molecule has 2 aliphatic rings. The van der Waals surface area contributed by atoms with Crippen LogP contribution < -0.4 is 4.74 Å². The van der Waals surface area contributed by atoms with Gasteiger partial charge in [-0.05, 0) is 91.7 Å². The lowest BCUT2D eigenvalue weighted by molar-refractivity contribution is -0.140. The van der Waals surface area contributed by atoms with Crippen LogP contribution >= 0.6 is 0 Å². The van der Waals surface area contributed by atoms with Gasteiger partial charge in [-0.3, -0.25) is 4.79 Å². The average Bonchev–Trinajstić information content (AvgIpc) is 2.94. The Balaban J connectivity index is 1.21. The van der Waals surface area contributed by atoms with Crippen molar-refractivity contribution in [3.63, 3.8) is 0 Å². The number of carbonyl (C=O) groups is 2. The van der Waals surface area contributed by atoms with E-state index in [-0.39, 0.29) is 17.9 Å². The van der Waals surface area contributed by atoms with Gasteiger partial charge in [0, 0.05) is 0 Å². The van der Waals surface area contributed by atoms with E-state index in [0.29, 0.717) is 11.3 Å². The molecule has 0 aliphatic heterocycles. The van der Waals surface area contributed by atoms with Crippen molar-refractivity contribution in [1.29, 1.82) is 0 Å². The van der Waals surface area contributed by atoms with Crippen LogP contribution in [0.3, 0.4) is 0 Å². The van der Waals surface area contributed by atoms with Crippen LogP contribution in [0.1, 0.15) is 94.3 Å². The van der Waals surface area contributed by atoms with Crippen molar-refractivity contribution in [2.45, 2.75) is 84.0 Å². The topological polar surface area (TPSA) is 52.6 Å². The summed E-state index contributed by atoms with van der Waals surface area (Å²) >= 11 is 0. The molecule has 2 aliphatic carbocycles. The molecule has 0 unspecified atom stereocenters. The number of ether oxygens (including phenoxy) is 2. The first-order chi connectivity index (χ1) is 17.6. The average molecular weight is 491 g/mol. The Morgan fingerprint density at radius 1 is 0.750 bits per heavy atom. The molecule has 4 heteroatoms. The Bertz CT molecular complexity index is 962. The predicted molar refractivity (Wildman–Crippen MR) is 144 cm³/mol. The summed E-state index contributed by atoms with van der Waals surface area (Å²) in [5.41, 5.74) is 2.53. The number of carbonyl (C=O) groups excluding carboxylic acids is 2. The molecule has 2 saturated carbocycles. The van der Waals surface area contributed by atoms with Gasteiger partial charge in [0.15, 0.2) is 0 Å². The van der Waals surface area contributed by atoms with Gasteiger partial charge in [0.2, 0.25) is 0 Å². The van der Waals surface area contributed by atoms with Crippen LogP contribution in [0.2, 0.25) is 0 Å². The molecule has 0 aromatic heterocycles. The highest BCUT2D eigenvalue weighted by Crippen LogP contribution is 2.42. The highest BCUT2D eigenvalue weighted by Gasteiger charge is 2.33. The molecule has 0 radical (unpaired) electrons. The van der Waals surface area contributed by atoms with E-state index in [4.69, 9.17) is 9.47 Å². The molecule has 0 bridgehead atoms. The molecule has 4 rings (SSSR count). The maximum absolute atomic E-state index is 12.8. The lowest BCUT2D eigenvalue weighted by atomic mass is 9.68. The van der Waals surface area contributed by atoms with E-state index in [9.17, 15) is 9.59 Å². The number of rotatable bonds is 9. The lowest BCUT2D eigenvalue weighted by Crippen LogP contribution is -2.30. The van der Waals surface area contributed by atoms with Gasteiger partial charge >= 0.3 is 11.9 Å². The SMILES string of the molecule is CCCCCC1CCC(C2CCC(C(=O)Oc3ccc(-c4ccc(C(=O)OC)cc4)cc3)CC2)CC1. The zero-order valence-electron chi connectivity index (χ0n) is 22.0. The number of unbranched alkanes of at least 4 members (excludes halogenated alkanes) is 2. The Hall–Kier alpha value is -2.62. The fourth-order valence-electron chi connectivity index (χ4n) is 6.29. The maximum Gasteiger partial charge on any atom is 0.337 e. The van der Waals surface area contributed by atoms with Gasteiger partial charge < -0.3 is 9.47 Å². The molecular formula is C32H42O4. The van der Waals surface area contributed by atoms with Crippen LogP contribution in [0.4, 0.5) is 0 Å². The quantitative estimate of drug-likeness (QED) is 0.202. The van der Waals surface area contributed by atoms with Gasteiger partial charge in [-0.1, -0.05) is 69.7 Å². The van der Waals surface area contributed by atoms with Crippen LogP contribution in [0.15, 0.2) is 48.5 Å². The lowest BCUT2D eigenvalue weighted by Gasteiger charge is -2.37. The van der Waals surface area contributed by atoms with Crippen molar-refractivity contribution >= 4 is 11.9 Å². The summed E-state index contributed by atoms with van der Waals surface area (Å²) in [5.74, 6) is 2.83. The third-order valence-electron chi connectivity index (χ3n) is 8.59. The van der Waals surface area contributed by atoms with Crippen molar-refractivity contribution in [1.82, 2.24) is 0 Å². The number of methoxy groups -OCH3 is 1. The summed E-state index contributed by atoms with van der Waals surface area (Å²) in [6, 6.07) is 14.9. The Morgan fingerprint density at radius 2 is 1.31 bits per heavy atom. The second kappa shape index (κ2) is 13.1. The normalized spacial score (nSPS) is 24.2. The number of benzene rings is 2. The minimum absolute atomic E-state index is 0.0252. The molecule has 0 atom stereocenters. The number of esters is 2. The van der Waals surface area contributed by atoms with E-state index in [1.807, 2.05) is 36.4 Å². The molecule has 194 valence electrons. The van der Waals surface area contributed by atoms with E-state index in [1.54, 1.807) is 12.1 Å². The minimum Gasteiger partial charge on any atom is -0.465 e. The van der Waals surface area contributed by atoms with Gasteiger partial charge in [0.05, 0.1) is 18.6 Å². The van der Waals surface area contributed by atoms with E-state index in [1.165, 1.54) is 71.3 Å². The van der Waals surface area contributed by atoms with Gasteiger partial charge in [0.1, 0.15) is 5.75 Å². The molecule has 2 aromatic rings. The van der Waals surface area contributed by atoms with Crippen LogP contribution in [0.25, 0.3) is 11.1 Å². The summed E-state index contributed by atoms with van der Waals surface area (Å²) in [7, 11) is 1.38. The van der Waals surface area contributed by atoms with Crippen molar-refractivity contribution in [3.8, 4) is 16.9 Å². The molecule has 0 N–H and O–H groups in total. The minimum atomic E-state index is -0.344. The summed E-state index contributed by atoms with van der Waals surface area (Å²) in [6.07, 6.45) is 15.4. The highest BCUT2D eigenvalue weighted by molar-refractivity contribution is 5.90. The zero-order chi connectivity index (χ0) is 25.3. The largest absolute Gasteiger partial charge is 0.465 e. The third-order valence-corrected chi connectivity index (χ3v) is 8.59. The Kier molecular flexibility index (Phi) is 9.60. The highest BCUT2D eigenvalue weighted by atomic mass is 16.5. The first-order valence-corrected chi connectivity index (χ1v) is 14.1. The molecule has 2 aromatic carbocycles. The molecule has 0 amide bonds. The van der Waals surface area contributed by atoms with Crippen LogP contribution in [-0.4, -0.2) is 19.0 Å². The second-order valence-electron chi connectivity index (χ2n) is 10.9. The number of hydrogen-bond donors (Lipinski definition) is 0. The smallest absolute Gasteiger partial charge is 0.337 e. The molecule has 0 heterocycles. The van der Waals surface area contributed by atoms with Gasteiger partial charge in [-0.15, -0.1) is 0 Å². The summed E-state index contributed by atoms with van der Waals surface area (Å²) in [5, 5.41) is 0. The van der Waals surface area contributed by atoms with Crippen LogP contribution in [-0.2, 0) is 9.53 Å². The first kappa shape index (κ1) is 26.4. The fraction of sp³-hybridized carbons (Fsp3) is 0.562. The van der Waals surface area contributed by atoms with Crippen LogP contribution in [0, 0.1) is 23.7 Å². The van der Waals surface area contributed by atoms with E-state index >= 15 is 0 Å². The molecule has 0 saturated heterocycles. The summed E-state index contributed by atoms with van der Waals surface area (Å²) in [6.45, 7) is 2.29. The molecule has 2 fully saturated rings. The Morgan fingerprint density at radius 3 is 1.86 bits per heavy atom. The van der Waals surface area contributed by atoms with Crippen molar-refractivity contribution in [3.05, 3.63) is 54.1 Å². The molecule has 36 heavy (non-hydrogen) atoms. The van der Waals surface area contributed by atoms with Gasteiger partial charge in [-0.2, -0.15) is 0 Å². The first-order valence-electron chi connectivity index (χ1n) is 14.1. The monoisotopic (exact) mass is 490 g/mol. The second-order valence-corrected chi connectivity index (χ2v) is 10.9. The summed E-state index contributed by atoms with van der Waals surface area (Å²) < 4.78 is 10.5. The van der Waals surface area contributed by atoms with Gasteiger partial charge in [0.25, 0.3) is 0 Å². The maximum atomic E-state index is 12.8. The fourth-order valence-corrected chi connectivity index (χ4v) is 6.29. The Labute approximate surface area is 216 Å². The number of hydrogen-bond acceptors (Lipinski definition) is 4. The molecule has 0 spiro atoms. The van der Waals surface area contributed by atoms with Crippen molar-refractivity contribution < 1.29 is 19.1 Å². The summed E-state index contributed by atoms with van der Waals surface area (Å²) in [4.78, 5) is 24.5. The standard InChI is InChI=1S/C32H42O4/c1-3-4-5-6-23-7-9-24(10-8-23)25-13-17-29(18-14-25)32(34)36-30-21-19-27(20-22-30)26-11-15-28(16-12-26)31(33)35-2/h11-12,15-16,19-25,29H,3-10,13-14,17-18H2,1-2H3. The van der Waals surface area contributed by atoms with E-state index in [2.05, 4.69) is 6.92 Å². The third kappa shape index (κ3) is 6.99. The molecule has 4 nitrogen and oxygen atoms in total. The van der Waals surface area contributed by atoms with Crippen LogP contribution in [0.5, 0.6) is 5.75 Å². The van der Waals surface area contributed by atoms with Crippen molar-refractivity contribution in [2.24, 2.45) is 23.7 Å². The van der Waals surface area contributed by atoms with Crippen molar-refractivity contribution in [2.75, 3.05) is 7.11 Å². The van der Waals surface area contributed by atoms with Gasteiger partial charge in [-0.25, -0.2) is 4.79 Å².